The van der Waals surface area contributed by atoms with E-state index in [-0.39, 0.29) is 5.97 Å². The first-order valence-corrected chi connectivity index (χ1v) is 8.73. The van der Waals surface area contributed by atoms with Gasteiger partial charge in [-0.15, -0.1) is 0 Å². The van der Waals surface area contributed by atoms with Crippen molar-refractivity contribution in [3.8, 4) is 0 Å². The van der Waals surface area contributed by atoms with E-state index in [9.17, 15) is 4.79 Å². The van der Waals surface area contributed by atoms with Gasteiger partial charge in [0.05, 0.1) is 6.61 Å². The second kappa shape index (κ2) is 7.59. The van der Waals surface area contributed by atoms with Crippen molar-refractivity contribution in [2.24, 2.45) is 5.92 Å². The maximum atomic E-state index is 12.5. The third-order valence-corrected chi connectivity index (χ3v) is 4.97. The Kier molecular flexibility index (Phi) is 6.06. The molecule has 2 fully saturated rings. The maximum absolute atomic E-state index is 12.5. The van der Waals surface area contributed by atoms with Gasteiger partial charge in [-0.1, -0.05) is 6.92 Å². The molecular weight excluding hydrogens is 264 g/mol. The monoisotopic (exact) mass is 296 g/mol. The molecule has 0 heterocycles. The molecule has 2 rings (SSSR count). The summed E-state index contributed by atoms with van der Waals surface area (Å²) in [5.74, 6) is 0.862. The van der Waals surface area contributed by atoms with Gasteiger partial charge in [0, 0.05) is 12.6 Å². The van der Waals surface area contributed by atoms with Crippen molar-refractivity contribution in [2.45, 2.75) is 70.4 Å². The molecule has 0 radical (unpaired) electrons. The van der Waals surface area contributed by atoms with E-state index in [0.717, 1.165) is 38.1 Å². The number of esters is 1. The van der Waals surface area contributed by atoms with Gasteiger partial charge in [0.15, 0.2) is 0 Å². The summed E-state index contributed by atoms with van der Waals surface area (Å²) in [6, 6.07) is 0.508. The van der Waals surface area contributed by atoms with Gasteiger partial charge >= 0.3 is 5.97 Å². The van der Waals surface area contributed by atoms with Crippen LogP contribution in [-0.2, 0) is 9.53 Å². The number of carbonyl (C=O) groups excluding carboxylic acids is 1. The van der Waals surface area contributed by atoms with E-state index in [2.05, 4.69) is 24.2 Å². The van der Waals surface area contributed by atoms with Crippen LogP contribution in [0.3, 0.4) is 0 Å². The summed E-state index contributed by atoms with van der Waals surface area (Å²) < 4.78 is 5.38. The summed E-state index contributed by atoms with van der Waals surface area (Å²) in [7, 11) is 2.23. The molecule has 2 unspecified atom stereocenters. The third-order valence-electron chi connectivity index (χ3n) is 4.97. The molecule has 4 heteroatoms. The molecular formula is C17H32N2O2. The summed E-state index contributed by atoms with van der Waals surface area (Å²) in [6.45, 7) is 6.59. The normalized spacial score (nSPS) is 29.6. The van der Waals surface area contributed by atoms with Crippen LogP contribution in [0.5, 0.6) is 0 Å². The lowest BCUT2D eigenvalue weighted by Crippen LogP contribution is -2.58. The zero-order valence-corrected chi connectivity index (χ0v) is 14.0. The van der Waals surface area contributed by atoms with Gasteiger partial charge in [-0.2, -0.15) is 0 Å². The van der Waals surface area contributed by atoms with Crippen molar-refractivity contribution in [2.75, 3.05) is 26.7 Å². The SMILES string of the molecule is CCCNC1(C(=O)OCC)CCCC(N(C)CC2CC2)C1. The van der Waals surface area contributed by atoms with Gasteiger partial charge in [-0.25, -0.2) is 0 Å². The minimum absolute atomic E-state index is 0.0389. The number of ether oxygens (including phenoxy) is 1. The van der Waals surface area contributed by atoms with E-state index in [1.807, 2.05) is 6.92 Å². The molecule has 0 amide bonds. The average Bonchev–Trinajstić information content (AvgIpc) is 3.29. The third kappa shape index (κ3) is 4.43. The molecule has 0 aromatic rings. The topological polar surface area (TPSA) is 41.6 Å². The van der Waals surface area contributed by atoms with Crippen LogP contribution in [0.2, 0.25) is 0 Å². The lowest BCUT2D eigenvalue weighted by atomic mass is 9.78. The largest absolute Gasteiger partial charge is 0.465 e. The minimum Gasteiger partial charge on any atom is -0.465 e. The zero-order chi connectivity index (χ0) is 15.3. The van der Waals surface area contributed by atoms with Gasteiger partial charge < -0.3 is 15.0 Å². The molecule has 2 aliphatic rings. The summed E-state index contributed by atoms with van der Waals surface area (Å²) in [5.41, 5.74) is -0.452. The molecule has 4 nitrogen and oxygen atoms in total. The highest BCUT2D eigenvalue weighted by atomic mass is 16.5. The van der Waals surface area contributed by atoms with Gasteiger partial charge in [0.1, 0.15) is 5.54 Å². The van der Waals surface area contributed by atoms with E-state index in [1.165, 1.54) is 25.8 Å². The Hall–Kier alpha value is -0.610. The molecule has 2 saturated carbocycles. The molecule has 0 spiro atoms. The molecule has 0 aliphatic heterocycles. The van der Waals surface area contributed by atoms with E-state index >= 15 is 0 Å². The Bertz CT molecular complexity index is 344. The Morgan fingerprint density at radius 3 is 2.71 bits per heavy atom. The number of rotatable bonds is 8. The van der Waals surface area contributed by atoms with Gasteiger partial charge in [-0.3, -0.25) is 4.79 Å². The first-order chi connectivity index (χ1) is 10.1. The molecule has 0 saturated heterocycles. The van der Waals surface area contributed by atoms with Crippen molar-refractivity contribution in [1.29, 1.82) is 0 Å². The van der Waals surface area contributed by atoms with Crippen LogP contribution in [0.25, 0.3) is 0 Å². The molecule has 0 aromatic heterocycles. The van der Waals surface area contributed by atoms with E-state index in [4.69, 9.17) is 4.74 Å². The Morgan fingerprint density at radius 2 is 2.10 bits per heavy atom. The molecule has 0 bridgehead atoms. The van der Waals surface area contributed by atoms with E-state index < -0.39 is 5.54 Å². The molecule has 2 aliphatic carbocycles. The highest BCUT2D eigenvalue weighted by Gasteiger charge is 2.44. The molecule has 122 valence electrons. The Morgan fingerprint density at radius 1 is 1.33 bits per heavy atom. The molecule has 21 heavy (non-hydrogen) atoms. The van der Waals surface area contributed by atoms with Crippen molar-refractivity contribution in [1.82, 2.24) is 10.2 Å². The van der Waals surface area contributed by atoms with Crippen molar-refractivity contribution >= 4 is 5.97 Å². The van der Waals surface area contributed by atoms with Crippen LogP contribution in [0.4, 0.5) is 0 Å². The number of hydrogen-bond acceptors (Lipinski definition) is 4. The van der Waals surface area contributed by atoms with Gasteiger partial charge in [-0.05, 0) is 71.4 Å². The van der Waals surface area contributed by atoms with Crippen molar-refractivity contribution in [3.05, 3.63) is 0 Å². The lowest BCUT2D eigenvalue weighted by molar-refractivity contribution is -0.153. The summed E-state index contributed by atoms with van der Waals surface area (Å²) in [4.78, 5) is 15.0. The maximum Gasteiger partial charge on any atom is 0.326 e. The number of nitrogens with one attached hydrogen (secondary N) is 1. The summed E-state index contributed by atoms with van der Waals surface area (Å²) in [5, 5.41) is 3.52. The van der Waals surface area contributed by atoms with Gasteiger partial charge in [0.2, 0.25) is 0 Å². The predicted molar refractivity (Wildman–Crippen MR) is 85.3 cm³/mol. The fourth-order valence-corrected chi connectivity index (χ4v) is 3.53. The van der Waals surface area contributed by atoms with Crippen molar-refractivity contribution in [3.63, 3.8) is 0 Å². The van der Waals surface area contributed by atoms with Crippen LogP contribution in [0, 0.1) is 5.92 Å². The quantitative estimate of drug-likeness (QED) is 0.699. The average molecular weight is 296 g/mol. The van der Waals surface area contributed by atoms with E-state index in [0.29, 0.717) is 12.6 Å². The van der Waals surface area contributed by atoms with Crippen LogP contribution in [0.15, 0.2) is 0 Å². The highest BCUT2D eigenvalue weighted by molar-refractivity contribution is 5.81. The Balaban J connectivity index is 2.01. The molecule has 1 N–H and O–H groups in total. The molecule has 2 atom stereocenters. The smallest absolute Gasteiger partial charge is 0.326 e. The second-order valence-corrected chi connectivity index (χ2v) is 6.86. The highest BCUT2D eigenvalue weighted by Crippen LogP contribution is 2.35. The Labute approximate surface area is 129 Å². The first-order valence-electron chi connectivity index (χ1n) is 8.73. The van der Waals surface area contributed by atoms with Crippen LogP contribution >= 0.6 is 0 Å². The standard InChI is InChI=1S/C17H32N2O2/c1-4-11-18-17(16(20)21-5-2)10-6-7-15(12-17)19(3)13-14-8-9-14/h14-15,18H,4-13H2,1-3H3. The van der Waals surface area contributed by atoms with Crippen LogP contribution in [-0.4, -0.2) is 49.2 Å². The molecule has 0 aromatic carbocycles. The minimum atomic E-state index is -0.452. The number of carbonyl (C=O) groups is 1. The number of hydrogen-bond donors (Lipinski definition) is 1. The van der Waals surface area contributed by atoms with Crippen LogP contribution < -0.4 is 5.32 Å². The first kappa shape index (κ1) is 16.8. The predicted octanol–water partition coefficient (Wildman–Crippen LogP) is 2.57. The fourth-order valence-electron chi connectivity index (χ4n) is 3.53. The summed E-state index contributed by atoms with van der Waals surface area (Å²) >= 11 is 0. The number of nitrogens with zero attached hydrogens (tertiary/aromatic N) is 1. The van der Waals surface area contributed by atoms with Crippen LogP contribution in [0.1, 0.15) is 58.8 Å². The summed E-state index contributed by atoms with van der Waals surface area (Å²) in [6.07, 6.45) is 7.94. The second-order valence-electron chi connectivity index (χ2n) is 6.86. The lowest BCUT2D eigenvalue weighted by Gasteiger charge is -2.42. The van der Waals surface area contributed by atoms with E-state index in [1.54, 1.807) is 0 Å². The zero-order valence-electron chi connectivity index (χ0n) is 14.0. The fraction of sp³-hybridized carbons (Fsp3) is 0.941. The van der Waals surface area contributed by atoms with Gasteiger partial charge in [0.25, 0.3) is 0 Å². The van der Waals surface area contributed by atoms with Crippen molar-refractivity contribution < 1.29 is 9.53 Å².